The molecule has 2 aromatic rings. The van der Waals surface area contributed by atoms with Crippen molar-refractivity contribution in [3.05, 3.63) is 58.6 Å². The first-order valence-electron chi connectivity index (χ1n) is 8.17. The second-order valence-electron chi connectivity index (χ2n) is 5.55. The lowest BCUT2D eigenvalue weighted by molar-refractivity contribution is -0.116. The number of hydrogen-bond donors (Lipinski definition) is 2. The number of aryl methyl sites for hydroxylation is 1. The Bertz CT molecular complexity index is 749. The maximum absolute atomic E-state index is 12.0. The first kappa shape index (κ1) is 19.0. The van der Waals surface area contributed by atoms with Gasteiger partial charge in [0.25, 0.3) is 0 Å². The Hall–Kier alpha value is -2.34. The first-order chi connectivity index (χ1) is 12.0. The normalized spacial score (nSPS) is 10.2. The lowest BCUT2D eigenvalue weighted by Gasteiger charge is -2.22. The molecule has 6 heteroatoms. The van der Waals surface area contributed by atoms with Crippen molar-refractivity contribution in [1.82, 2.24) is 5.32 Å². The molecule has 0 aliphatic heterocycles. The summed E-state index contributed by atoms with van der Waals surface area (Å²) in [5.74, 6) is -0.0544. The van der Waals surface area contributed by atoms with Gasteiger partial charge >= 0.3 is 6.03 Å². The molecule has 0 atom stereocenters. The third-order valence-corrected chi connectivity index (χ3v) is 4.45. The summed E-state index contributed by atoms with van der Waals surface area (Å²) in [4.78, 5) is 25.6. The van der Waals surface area contributed by atoms with Crippen LogP contribution in [0.5, 0.6) is 0 Å². The smallest absolute Gasteiger partial charge is 0.319 e. The van der Waals surface area contributed by atoms with Crippen LogP contribution in [0.15, 0.2) is 53.0 Å². The van der Waals surface area contributed by atoms with Crippen LogP contribution in [0.2, 0.25) is 0 Å². The summed E-state index contributed by atoms with van der Waals surface area (Å²) in [6.45, 7) is 4.36. The van der Waals surface area contributed by atoms with Gasteiger partial charge in [-0.05, 0) is 52.2 Å². The number of rotatable bonds is 6. The molecule has 0 aliphatic carbocycles. The minimum Gasteiger partial charge on any atom is -0.336 e. The number of hydrogen-bond acceptors (Lipinski definition) is 2. The lowest BCUT2D eigenvalue weighted by atomic mass is 10.1. The number of urea groups is 1. The molecule has 2 aromatic carbocycles. The Morgan fingerprint density at radius 1 is 1.12 bits per heavy atom. The predicted molar refractivity (Wildman–Crippen MR) is 105 cm³/mol. The Kier molecular flexibility index (Phi) is 7.01. The molecule has 0 radical (unpaired) electrons. The van der Waals surface area contributed by atoms with Crippen LogP contribution in [0.25, 0.3) is 0 Å². The molecule has 0 fully saturated rings. The Morgan fingerprint density at radius 3 is 2.56 bits per heavy atom. The van der Waals surface area contributed by atoms with Crippen molar-refractivity contribution in [2.45, 2.75) is 20.3 Å². The zero-order valence-electron chi connectivity index (χ0n) is 14.4. The molecule has 0 saturated carbocycles. The molecule has 0 heterocycles. The monoisotopic (exact) mass is 403 g/mol. The van der Waals surface area contributed by atoms with E-state index in [1.54, 1.807) is 4.90 Å². The molecule has 0 saturated heterocycles. The predicted octanol–water partition coefficient (Wildman–Crippen LogP) is 4.19. The molecule has 2 rings (SSSR count). The number of halogens is 1. The maximum Gasteiger partial charge on any atom is 0.319 e. The van der Waals surface area contributed by atoms with Crippen LogP contribution < -0.4 is 15.5 Å². The second kappa shape index (κ2) is 9.22. The van der Waals surface area contributed by atoms with Crippen molar-refractivity contribution >= 4 is 39.2 Å². The number of para-hydroxylation sites is 1. The van der Waals surface area contributed by atoms with Gasteiger partial charge in [0, 0.05) is 30.2 Å². The van der Waals surface area contributed by atoms with Gasteiger partial charge in [-0.2, -0.15) is 0 Å². The molecule has 132 valence electrons. The van der Waals surface area contributed by atoms with E-state index in [4.69, 9.17) is 0 Å². The van der Waals surface area contributed by atoms with E-state index in [0.717, 1.165) is 16.6 Å². The van der Waals surface area contributed by atoms with Crippen LogP contribution in [0.4, 0.5) is 16.2 Å². The van der Waals surface area contributed by atoms with Crippen molar-refractivity contribution < 1.29 is 9.59 Å². The topological polar surface area (TPSA) is 61.4 Å². The quantitative estimate of drug-likeness (QED) is 0.759. The van der Waals surface area contributed by atoms with E-state index in [1.165, 1.54) is 12.5 Å². The summed E-state index contributed by atoms with van der Waals surface area (Å²) < 4.78 is 0.812. The van der Waals surface area contributed by atoms with Crippen LogP contribution in [0.3, 0.4) is 0 Å². The van der Waals surface area contributed by atoms with E-state index in [9.17, 15) is 9.59 Å². The largest absolute Gasteiger partial charge is 0.336 e. The van der Waals surface area contributed by atoms with Crippen molar-refractivity contribution in [2.75, 3.05) is 23.3 Å². The number of nitrogens with one attached hydrogen (secondary N) is 2. The number of anilines is 2. The average molecular weight is 404 g/mol. The zero-order valence-corrected chi connectivity index (χ0v) is 16.0. The average Bonchev–Trinajstić information content (AvgIpc) is 2.60. The van der Waals surface area contributed by atoms with E-state index in [-0.39, 0.29) is 11.9 Å². The summed E-state index contributed by atoms with van der Waals surface area (Å²) >= 11 is 3.38. The lowest BCUT2D eigenvalue weighted by Crippen LogP contribution is -2.39. The minimum atomic E-state index is -0.308. The molecule has 3 amide bonds. The van der Waals surface area contributed by atoms with Crippen LogP contribution in [-0.4, -0.2) is 25.0 Å². The molecule has 0 bridgehead atoms. The molecule has 0 unspecified atom stereocenters. The van der Waals surface area contributed by atoms with Crippen molar-refractivity contribution in [3.8, 4) is 0 Å². The second-order valence-corrected chi connectivity index (χ2v) is 6.41. The third-order valence-electron chi connectivity index (χ3n) is 3.75. The number of benzene rings is 2. The Balaban J connectivity index is 1.92. The van der Waals surface area contributed by atoms with Crippen LogP contribution in [0.1, 0.15) is 19.4 Å². The van der Waals surface area contributed by atoms with Gasteiger partial charge in [0.05, 0.1) is 5.69 Å². The fourth-order valence-electron chi connectivity index (χ4n) is 2.42. The van der Waals surface area contributed by atoms with Gasteiger partial charge in [0.1, 0.15) is 0 Å². The van der Waals surface area contributed by atoms with Gasteiger partial charge in [-0.3, -0.25) is 4.79 Å². The van der Waals surface area contributed by atoms with Gasteiger partial charge in [-0.25, -0.2) is 4.79 Å². The first-order valence-corrected chi connectivity index (χ1v) is 8.97. The number of amides is 3. The molecule has 0 aromatic heterocycles. The molecule has 2 N–H and O–H groups in total. The van der Waals surface area contributed by atoms with Gasteiger partial charge < -0.3 is 15.5 Å². The highest BCUT2D eigenvalue weighted by Gasteiger charge is 2.12. The summed E-state index contributed by atoms with van der Waals surface area (Å²) in [7, 11) is 0. The van der Waals surface area contributed by atoms with Crippen LogP contribution in [-0.2, 0) is 11.2 Å². The van der Waals surface area contributed by atoms with Crippen molar-refractivity contribution in [1.29, 1.82) is 0 Å². The number of carbonyl (C=O) groups is 2. The molecule has 5 nitrogen and oxygen atoms in total. The maximum atomic E-state index is 12.0. The highest BCUT2D eigenvalue weighted by Crippen LogP contribution is 2.21. The molecular weight excluding hydrogens is 382 g/mol. The fourth-order valence-corrected chi connectivity index (χ4v) is 2.81. The summed E-state index contributed by atoms with van der Waals surface area (Å²) in [5, 5.41) is 5.55. The highest BCUT2D eigenvalue weighted by molar-refractivity contribution is 9.10. The highest BCUT2D eigenvalue weighted by atomic mass is 79.9. The zero-order chi connectivity index (χ0) is 18.2. The van der Waals surface area contributed by atoms with E-state index < -0.39 is 0 Å². The Labute approximate surface area is 156 Å². The summed E-state index contributed by atoms with van der Waals surface area (Å²) in [6.07, 6.45) is 0.909. The number of nitrogens with zero attached hydrogens (tertiary/aromatic N) is 1. The molecule has 0 spiro atoms. The molecule has 0 aliphatic rings. The van der Waals surface area contributed by atoms with Gasteiger partial charge in [0.15, 0.2) is 0 Å². The number of carbonyl (C=O) groups excluding carboxylic acids is 2. The van der Waals surface area contributed by atoms with Gasteiger partial charge in [-0.1, -0.05) is 31.2 Å². The standard InChI is InChI=1S/C19H22BrN3O2/c1-3-15-7-6-8-16(13-15)23(14(2)24)12-11-21-19(25)22-18-10-5-4-9-17(18)20/h4-10,13H,3,11-12H2,1-2H3,(H2,21,22,25). The summed E-state index contributed by atoms with van der Waals surface area (Å²) in [5.41, 5.74) is 2.71. The van der Waals surface area contributed by atoms with Gasteiger partial charge in [0.2, 0.25) is 5.91 Å². The molecular formula is C19H22BrN3O2. The van der Waals surface area contributed by atoms with E-state index in [2.05, 4.69) is 33.5 Å². The minimum absolute atomic E-state index is 0.0544. The molecule has 25 heavy (non-hydrogen) atoms. The van der Waals surface area contributed by atoms with E-state index >= 15 is 0 Å². The van der Waals surface area contributed by atoms with Crippen LogP contribution >= 0.6 is 15.9 Å². The third kappa shape index (κ3) is 5.60. The Morgan fingerprint density at radius 2 is 1.88 bits per heavy atom. The summed E-state index contributed by atoms with van der Waals surface area (Å²) in [6, 6.07) is 15.0. The van der Waals surface area contributed by atoms with Crippen molar-refractivity contribution in [3.63, 3.8) is 0 Å². The fraction of sp³-hybridized carbons (Fsp3) is 0.263. The van der Waals surface area contributed by atoms with Gasteiger partial charge in [-0.15, -0.1) is 0 Å². The van der Waals surface area contributed by atoms with E-state index in [1.807, 2.05) is 48.5 Å². The van der Waals surface area contributed by atoms with E-state index in [0.29, 0.717) is 18.8 Å². The SMILES string of the molecule is CCc1cccc(N(CCNC(=O)Nc2ccccc2Br)C(C)=O)c1. The van der Waals surface area contributed by atoms with Crippen molar-refractivity contribution in [2.24, 2.45) is 0 Å². The van der Waals surface area contributed by atoms with Crippen LogP contribution in [0, 0.1) is 0 Å².